The average Bonchev–Trinajstić information content (AvgIpc) is 3.09. The van der Waals surface area contributed by atoms with E-state index in [0.717, 1.165) is 0 Å². The molecule has 2 N–H and O–H groups in total. The number of hydrogen-bond acceptors (Lipinski definition) is 5. The van der Waals surface area contributed by atoms with Crippen LogP contribution in [0.25, 0.3) is 11.0 Å². The first-order valence-corrected chi connectivity index (χ1v) is 12.6. The Labute approximate surface area is 212 Å². The van der Waals surface area contributed by atoms with E-state index in [0.29, 0.717) is 36.0 Å². The van der Waals surface area contributed by atoms with E-state index in [1.165, 1.54) is 14.0 Å². The third-order valence-corrected chi connectivity index (χ3v) is 7.04. The number of halogens is 2. The van der Waals surface area contributed by atoms with E-state index in [1.54, 1.807) is 25.2 Å². The molecule has 3 heterocycles. The molecule has 10 nitrogen and oxygen atoms in total. The second-order valence-electron chi connectivity index (χ2n) is 9.70. The SMILES string of the molecule is Cn1c(=O)n(C2CCC(=O)NC2=O)c2cccc(NC(=O)CCCCCC(=O)N3CCC(F)(F)CC3)c21. The standard InChI is InChI=1S/C25H31F2N5O5/c1-30-22-16(6-5-7-17(22)32(24(30)37)18-10-11-20(34)29-23(18)36)28-19(33)8-3-2-4-9-21(35)31-14-12-25(26,27)13-15-31/h5-7,18H,2-4,8-15H2,1H3,(H,28,33)(H,29,34,36). The first kappa shape index (κ1) is 26.5. The number of imidazole rings is 1. The number of alkyl halides is 2. The van der Waals surface area contributed by atoms with Crippen LogP contribution in [0, 0.1) is 0 Å². The normalized spacial score (nSPS) is 19.6. The minimum Gasteiger partial charge on any atom is -0.342 e. The van der Waals surface area contributed by atoms with Crippen LogP contribution in [0.5, 0.6) is 0 Å². The van der Waals surface area contributed by atoms with Gasteiger partial charge in [0.15, 0.2) is 0 Å². The van der Waals surface area contributed by atoms with E-state index in [-0.39, 0.29) is 69.3 Å². The fourth-order valence-electron chi connectivity index (χ4n) is 4.96. The van der Waals surface area contributed by atoms with Crippen LogP contribution in [-0.4, -0.2) is 56.7 Å². The second kappa shape index (κ2) is 10.8. The summed E-state index contributed by atoms with van der Waals surface area (Å²) in [5.41, 5.74) is 0.968. The molecule has 37 heavy (non-hydrogen) atoms. The summed E-state index contributed by atoms with van der Waals surface area (Å²) in [5.74, 6) is -3.97. The van der Waals surface area contributed by atoms with Gasteiger partial charge in [-0.25, -0.2) is 13.6 Å². The molecule has 2 aliphatic rings. The number of amides is 4. The van der Waals surface area contributed by atoms with Gasteiger partial charge in [-0.2, -0.15) is 0 Å². The van der Waals surface area contributed by atoms with Crippen molar-refractivity contribution in [1.82, 2.24) is 19.4 Å². The lowest BCUT2D eigenvalue weighted by molar-refractivity contribution is -0.138. The van der Waals surface area contributed by atoms with Crippen molar-refractivity contribution >= 4 is 40.3 Å². The molecule has 0 saturated carbocycles. The van der Waals surface area contributed by atoms with E-state index in [2.05, 4.69) is 10.6 Å². The Morgan fingerprint density at radius 3 is 2.49 bits per heavy atom. The highest BCUT2D eigenvalue weighted by atomic mass is 19.3. The minimum atomic E-state index is -2.69. The zero-order chi connectivity index (χ0) is 26.7. The molecule has 1 unspecified atom stereocenters. The van der Waals surface area contributed by atoms with Crippen molar-refractivity contribution in [2.45, 2.75) is 69.8 Å². The topological polar surface area (TPSA) is 123 Å². The van der Waals surface area contributed by atoms with E-state index in [9.17, 15) is 32.8 Å². The summed E-state index contributed by atoms with van der Waals surface area (Å²) < 4.78 is 29.2. The number of piperidine rings is 2. The van der Waals surface area contributed by atoms with Gasteiger partial charge in [-0.15, -0.1) is 0 Å². The second-order valence-corrected chi connectivity index (χ2v) is 9.70. The van der Waals surface area contributed by atoms with Crippen LogP contribution in [0.4, 0.5) is 14.5 Å². The predicted molar refractivity (Wildman–Crippen MR) is 131 cm³/mol. The summed E-state index contributed by atoms with van der Waals surface area (Å²) in [5, 5.41) is 5.10. The molecule has 12 heteroatoms. The third kappa shape index (κ3) is 5.89. The van der Waals surface area contributed by atoms with Gasteiger partial charge in [0.2, 0.25) is 23.6 Å². The van der Waals surface area contributed by atoms with Crippen molar-refractivity contribution in [1.29, 1.82) is 0 Å². The molecule has 0 radical (unpaired) electrons. The van der Waals surface area contributed by atoms with Crippen LogP contribution in [0.3, 0.4) is 0 Å². The maximum Gasteiger partial charge on any atom is 0.329 e. The van der Waals surface area contributed by atoms with E-state index in [4.69, 9.17) is 0 Å². The van der Waals surface area contributed by atoms with Gasteiger partial charge in [0.1, 0.15) is 6.04 Å². The summed E-state index contributed by atoms with van der Waals surface area (Å²) in [6.07, 6.45) is 1.98. The molecule has 2 saturated heterocycles. The summed E-state index contributed by atoms with van der Waals surface area (Å²) in [6.45, 7) is 0.154. The Balaban J connectivity index is 1.31. The number of nitrogens with zero attached hydrogens (tertiary/aromatic N) is 3. The number of fused-ring (bicyclic) bond motifs is 1. The summed E-state index contributed by atoms with van der Waals surface area (Å²) in [4.78, 5) is 63.2. The predicted octanol–water partition coefficient (Wildman–Crippen LogP) is 2.46. The number of aromatic nitrogens is 2. The Bertz CT molecular complexity index is 1270. The van der Waals surface area contributed by atoms with Gasteiger partial charge >= 0.3 is 5.69 Å². The number of nitrogens with one attached hydrogen (secondary N) is 2. The number of hydrogen-bond donors (Lipinski definition) is 2. The number of imide groups is 1. The van der Waals surface area contributed by atoms with Gasteiger partial charge in [-0.1, -0.05) is 12.5 Å². The van der Waals surface area contributed by atoms with Crippen molar-refractivity contribution in [3.8, 4) is 0 Å². The summed E-state index contributed by atoms with van der Waals surface area (Å²) in [7, 11) is 1.56. The maximum atomic E-state index is 13.2. The fraction of sp³-hybridized carbons (Fsp3) is 0.560. The Kier molecular flexibility index (Phi) is 7.74. The molecule has 2 aromatic rings. The zero-order valence-corrected chi connectivity index (χ0v) is 20.7. The molecule has 1 atom stereocenters. The summed E-state index contributed by atoms with van der Waals surface area (Å²) in [6, 6.07) is 4.23. The molecular weight excluding hydrogens is 488 g/mol. The molecule has 0 aliphatic carbocycles. The Hall–Kier alpha value is -3.57. The Morgan fingerprint density at radius 2 is 1.78 bits per heavy atom. The quantitative estimate of drug-likeness (QED) is 0.410. The van der Waals surface area contributed by atoms with Crippen molar-refractivity contribution in [3.63, 3.8) is 0 Å². The fourth-order valence-corrected chi connectivity index (χ4v) is 4.96. The van der Waals surface area contributed by atoms with Gasteiger partial charge in [0, 0.05) is 52.2 Å². The number of anilines is 1. The lowest BCUT2D eigenvalue weighted by Crippen LogP contribution is -2.44. The first-order valence-electron chi connectivity index (χ1n) is 12.6. The van der Waals surface area contributed by atoms with E-state index in [1.807, 2.05) is 0 Å². The van der Waals surface area contributed by atoms with E-state index >= 15 is 0 Å². The molecule has 1 aromatic carbocycles. The lowest BCUT2D eigenvalue weighted by Gasteiger charge is -2.31. The van der Waals surface area contributed by atoms with Gasteiger partial charge in [0.05, 0.1) is 16.7 Å². The number of unbranched alkanes of at least 4 members (excludes halogenated alkanes) is 2. The number of carbonyl (C=O) groups is 4. The number of para-hydroxylation sites is 1. The van der Waals surface area contributed by atoms with Gasteiger partial charge in [-0.05, 0) is 31.4 Å². The molecule has 0 bridgehead atoms. The molecule has 1 aromatic heterocycles. The lowest BCUT2D eigenvalue weighted by atomic mass is 10.1. The smallest absolute Gasteiger partial charge is 0.329 e. The molecular formula is C25H31F2N5O5. The van der Waals surface area contributed by atoms with Crippen LogP contribution >= 0.6 is 0 Å². The number of carbonyl (C=O) groups excluding carboxylic acids is 4. The summed E-state index contributed by atoms with van der Waals surface area (Å²) >= 11 is 0. The number of likely N-dealkylation sites (tertiary alicyclic amines) is 1. The van der Waals surface area contributed by atoms with Gasteiger partial charge < -0.3 is 10.2 Å². The van der Waals surface area contributed by atoms with E-state index < -0.39 is 23.6 Å². The number of benzene rings is 1. The Morgan fingerprint density at radius 1 is 1.08 bits per heavy atom. The molecule has 4 rings (SSSR count). The number of rotatable bonds is 8. The highest BCUT2D eigenvalue weighted by Gasteiger charge is 2.35. The minimum absolute atomic E-state index is 0.0769. The third-order valence-electron chi connectivity index (χ3n) is 7.04. The van der Waals surface area contributed by atoms with Gasteiger partial charge in [0.25, 0.3) is 5.92 Å². The maximum absolute atomic E-state index is 13.2. The van der Waals surface area contributed by atoms with Crippen LogP contribution < -0.4 is 16.3 Å². The number of aryl methyl sites for hydroxylation is 1. The molecule has 4 amide bonds. The van der Waals surface area contributed by atoms with Crippen LogP contribution in [0.1, 0.15) is 63.8 Å². The molecule has 2 fully saturated rings. The molecule has 2 aliphatic heterocycles. The van der Waals surface area contributed by atoms with Gasteiger partial charge in [-0.3, -0.25) is 33.6 Å². The first-order chi connectivity index (χ1) is 17.6. The largest absolute Gasteiger partial charge is 0.342 e. The van der Waals surface area contributed by atoms with Crippen molar-refractivity contribution in [2.24, 2.45) is 7.05 Å². The zero-order valence-electron chi connectivity index (χ0n) is 20.7. The highest BCUT2D eigenvalue weighted by Crippen LogP contribution is 2.29. The van der Waals surface area contributed by atoms with Crippen molar-refractivity contribution < 1.29 is 28.0 Å². The van der Waals surface area contributed by atoms with Crippen LogP contribution in [0.2, 0.25) is 0 Å². The van der Waals surface area contributed by atoms with Crippen molar-refractivity contribution in [2.75, 3.05) is 18.4 Å². The van der Waals surface area contributed by atoms with Crippen LogP contribution in [-0.2, 0) is 26.2 Å². The highest BCUT2D eigenvalue weighted by molar-refractivity contribution is 6.02. The molecule has 0 spiro atoms. The molecule has 200 valence electrons. The van der Waals surface area contributed by atoms with Crippen molar-refractivity contribution in [3.05, 3.63) is 28.7 Å². The van der Waals surface area contributed by atoms with Crippen LogP contribution in [0.15, 0.2) is 23.0 Å². The monoisotopic (exact) mass is 519 g/mol. The average molecular weight is 520 g/mol.